The Morgan fingerprint density at radius 1 is 1.62 bits per heavy atom. The molecular weight excluding hydrogens is 210 g/mol. The minimum Gasteiger partial charge on any atom is -0.469 e. The summed E-state index contributed by atoms with van der Waals surface area (Å²) in [6, 6.07) is 0. The number of aromatic amines is 1. The average molecular weight is 225 g/mol. The van der Waals surface area contributed by atoms with Crippen molar-refractivity contribution in [2.45, 2.75) is 20.3 Å². The molecular formula is C10H15N3O3. The molecule has 0 fully saturated rings. The first-order valence-corrected chi connectivity index (χ1v) is 4.79. The Balaban J connectivity index is 2.97. The number of nitrogens with one attached hydrogen (secondary N) is 1. The van der Waals surface area contributed by atoms with E-state index in [0.29, 0.717) is 5.56 Å². The molecule has 0 atom stereocenters. The summed E-state index contributed by atoms with van der Waals surface area (Å²) < 4.78 is 4.65. The molecule has 0 aromatic carbocycles. The van der Waals surface area contributed by atoms with Crippen LogP contribution in [-0.4, -0.2) is 23.0 Å². The second-order valence-electron chi connectivity index (χ2n) is 4.18. The van der Waals surface area contributed by atoms with Gasteiger partial charge in [0, 0.05) is 11.8 Å². The van der Waals surface area contributed by atoms with E-state index in [1.807, 2.05) is 0 Å². The third-order valence-electron chi connectivity index (χ3n) is 2.26. The Bertz CT molecular complexity index is 451. The molecule has 1 aromatic rings. The first-order chi connectivity index (χ1) is 7.36. The van der Waals surface area contributed by atoms with Crippen LogP contribution in [0.3, 0.4) is 0 Å². The number of anilines is 1. The Hall–Kier alpha value is -1.85. The number of methoxy groups -OCH3 is 1. The van der Waals surface area contributed by atoms with Gasteiger partial charge in [-0.2, -0.15) is 0 Å². The fraction of sp³-hybridized carbons (Fsp3) is 0.500. The smallest absolute Gasteiger partial charge is 0.311 e. The van der Waals surface area contributed by atoms with Gasteiger partial charge >= 0.3 is 5.97 Å². The highest BCUT2D eigenvalue weighted by Gasteiger charge is 2.30. The first kappa shape index (κ1) is 12.2. The predicted molar refractivity (Wildman–Crippen MR) is 58.8 cm³/mol. The Morgan fingerprint density at radius 3 is 2.75 bits per heavy atom. The van der Waals surface area contributed by atoms with Crippen LogP contribution >= 0.6 is 0 Å². The van der Waals surface area contributed by atoms with E-state index in [1.54, 1.807) is 13.8 Å². The van der Waals surface area contributed by atoms with Gasteiger partial charge in [-0.05, 0) is 20.3 Å². The summed E-state index contributed by atoms with van der Waals surface area (Å²) >= 11 is 0. The number of aromatic nitrogens is 2. The largest absolute Gasteiger partial charge is 0.469 e. The molecule has 0 aliphatic heterocycles. The highest BCUT2D eigenvalue weighted by atomic mass is 16.5. The fourth-order valence-corrected chi connectivity index (χ4v) is 1.39. The minimum absolute atomic E-state index is 0.0598. The SMILES string of the molecule is COC(=O)C(C)(C)Cc1cnc(N)[nH]c1=O. The zero-order chi connectivity index (χ0) is 12.3. The first-order valence-electron chi connectivity index (χ1n) is 4.79. The maximum Gasteiger partial charge on any atom is 0.311 e. The number of nitrogens with two attached hydrogens (primary N) is 1. The number of esters is 1. The van der Waals surface area contributed by atoms with Gasteiger partial charge in [0.05, 0.1) is 12.5 Å². The van der Waals surface area contributed by atoms with Crippen molar-refractivity contribution >= 4 is 11.9 Å². The van der Waals surface area contributed by atoms with Gasteiger partial charge in [-0.1, -0.05) is 0 Å². The molecule has 0 saturated carbocycles. The van der Waals surface area contributed by atoms with Gasteiger partial charge in [-0.15, -0.1) is 0 Å². The molecule has 3 N–H and O–H groups in total. The van der Waals surface area contributed by atoms with Gasteiger partial charge in [0.1, 0.15) is 0 Å². The van der Waals surface area contributed by atoms with E-state index in [2.05, 4.69) is 14.7 Å². The van der Waals surface area contributed by atoms with E-state index >= 15 is 0 Å². The number of H-pyrrole nitrogens is 1. The molecule has 0 radical (unpaired) electrons. The monoisotopic (exact) mass is 225 g/mol. The van der Waals surface area contributed by atoms with Crippen LogP contribution in [0, 0.1) is 5.41 Å². The number of hydrogen-bond acceptors (Lipinski definition) is 5. The third-order valence-corrected chi connectivity index (χ3v) is 2.26. The lowest BCUT2D eigenvalue weighted by molar-refractivity contribution is -0.150. The lowest BCUT2D eigenvalue weighted by atomic mass is 9.87. The number of hydrogen-bond donors (Lipinski definition) is 2. The molecule has 0 unspecified atom stereocenters. The minimum atomic E-state index is -0.764. The zero-order valence-electron chi connectivity index (χ0n) is 9.53. The number of rotatable bonds is 3. The molecule has 1 heterocycles. The van der Waals surface area contributed by atoms with Gasteiger partial charge in [-0.25, -0.2) is 4.98 Å². The number of carbonyl (C=O) groups excluding carboxylic acids is 1. The van der Waals surface area contributed by atoms with E-state index < -0.39 is 5.41 Å². The van der Waals surface area contributed by atoms with Crippen molar-refractivity contribution in [2.24, 2.45) is 5.41 Å². The van der Waals surface area contributed by atoms with Crippen LogP contribution in [0.5, 0.6) is 0 Å². The van der Waals surface area contributed by atoms with Crippen molar-refractivity contribution < 1.29 is 9.53 Å². The molecule has 1 rings (SSSR count). The average Bonchev–Trinajstić information content (AvgIpc) is 2.21. The fourth-order valence-electron chi connectivity index (χ4n) is 1.39. The molecule has 16 heavy (non-hydrogen) atoms. The van der Waals surface area contributed by atoms with Crippen LogP contribution in [0.1, 0.15) is 19.4 Å². The molecule has 1 aromatic heterocycles. The van der Waals surface area contributed by atoms with Crippen molar-refractivity contribution in [3.05, 3.63) is 22.1 Å². The lowest BCUT2D eigenvalue weighted by Crippen LogP contribution is -2.31. The molecule has 6 heteroatoms. The number of nitrogen functional groups attached to an aromatic ring is 1. The molecule has 6 nitrogen and oxygen atoms in total. The normalized spacial score (nSPS) is 11.2. The van der Waals surface area contributed by atoms with Crippen molar-refractivity contribution in [1.29, 1.82) is 0 Å². The predicted octanol–water partition coefficient (Wildman–Crippen LogP) is 0.0938. The van der Waals surface area contributed by atoms with Crippen molar-refractivity contribution in [1.82, 2.24) is 9.97 Å². The number of ether oxygens (including phenoxy) is 1. The van der Waals surface area contributed by atoms with E-state index in [-0.39, 0.29) is 23.9 Å². The number of carbonyl (C=O) groups is 1. The third kappa shape index (κ3) is 2.59. The molecule has 0 spiro atoms. The summed E-state index contributed by atoms with van der Waals surface area (Å²) in [4.78, 5) is 29.1. The highest BCUT2D eigenvalue weighted by Crippen LogP contribution is 2.21. The van der Waals surface area contributed by atoms with Gasteiger partial charge in [-0.3, -0.25) is 14.6 Å². The molecule has 0 saturated heterocycles. The zero-order valence-corrected chi connectivity index (χ0v) is 9.53. The summed E-state index contributed by atoms with van der Waals surface area (Å²) in [6.45, 7) is 3.41. The van der Waals surface area contributed by atoms with E-state index in [1.165, 1.54) is 13.3 Å². The van der Waals surface area contributed by atoms with Crippen LogP contribution in [0.2, 0.25) is 0 Å². The maximum atomic E-state index is 11.5. The van der Waals surface area contributed by atoms with E-state index in [0.717, 1.165) is 0 Å². The summed E-state index contributed by atoms with van der Waals surface area (Å²) in [6.07, 6.45) is 1.63. The van der Waals surface area contributed by atoms with Crippen LogP contribution in [-0.2, 0) is 16.0 Å². The van der Waals surface area contributed by atoms with Crippen LogP contribution in [0.4, 0.5) is 5.95 Å². The molecule has 88 valence electrons. The van der Waals surface area contributed by atoms with Crippen molar-refractivity contribution in [3.63, 3.8) is 0 Å². The van der Waals surface area contributed by atoms with Crippen LogP contribution in [0.25, 0.3) is 0 Å². The topological polar surface area (TPSA) is 98.1 Å². The summed E-state index contributed by atoms with van der Waals surface area (Å²) in [5, 5.41) is 0. The summed E-state index contributed by atoms with van der Waals surface area (Å²) in [5.74, 6) is -0.312. The molecule has 0 aliphatic rings. The second kappa shape index (κ2) is 4.34. The lowest BCUT2D eigenvalue weighted by Gasteiger charge is -2.20. The molecule has 0 amide bonds. The van der Waals surface area contributed by atoms with E-state index in [4.69, 9.17) is 5.73 Å². The van der Waals surface area contributed by atoms with Crippen molar-refractivity contribution in [3.8, 4) is 0 Å². The quantitative estimate of drug-likeness (QED) is 0.710. The van der Waals surface area contributed by atoms with Gasteiger partial charge < -0.3 is 10.5 Å². The Labute approximate surface area is 92.8 Å². The van der Waals surface area contributed by atoms with Gasteiger partial charge in [0.25, 0.3) is 5.56 Å². The number of nitrogens with zero attached hydrogens (tertiary/aromatic N) is 1. The maximum absolute atomic E-state index is 11.5. The molecule has 0 bridgehead atoms. The van der Waals surface area contributed by atoms with Gasteiger partial charge in [0.2, 0.25) is 0 Å². The highest BCUT2D eigenvalue weighted by molar-refractivity contribution is 5.76. The standard InChI is InChI=1S/C10H15N3O3/c1-10(2,8(15)16-3)4-6-5-12-9(11)13-7(6)14/h5H,4H2,1-3H3,(H3,11,12,13,14). The van der Waals surface area contributed by atoms with Crippen molar-refractivity contribution in [2.75, 3.05) is 12.8 Å². The molecule has 0 aliphatic carbocycles. The Kier molecular flexibility index (Phi) is 3.31. The van der Waals surface area contributed by atoms with Crippen LogP contribution in [0.15, 0.2) is 11.0 Å². The summed E-state index contributed by atoms with van der Waals surface area (Å²) in [7, 11) is 1.32. The second-order valence-corrected chi connectivity index (χ2v) is 4.18. The summed E-state index contributed by atoms with van der Waals surface area (Å²) in [5.41, 5.74) is 4.63. The van der Waals surface area contributed by atoms with Crippen LogP contribution < -0.4 is 11.3 Å². The van der Waals surface area contributed by atoms with Gasteiger partial charge in [0.15, 0.2) is 5.95 Å². The Morgan fingerprint density at radius 2 is 2.25 bits per heavy atom. The van der Waals surface area contributed by atoms with E-state index in [9.17, 15) is 9.59 Å².